The van der Waals surface area contributed by atoms with Crippen LogP contribution in [0.2, 0.25) is 0 Å². The van der Waals surface area contributed by atoms with Crippen molar-refractivity contribution in [3.63, 3.8) is 0 Å². The Morgan fingerprint density at radius 1 is 1.19 bits per heavy atom. The lowest BCUT2D eigenvalue weighted by molar-refractivity contribution is -0.286. The maximum Gasteiger partial charge on any atom is 0.586 e. The summed E-state index contributed by atoms with van der Waals surface area (Å²) in [6.07, 6.45) is -0.608. The van der Waals surface area contributed by atoms with Crippen LogP contribution in [0.15, 0.2) is 18.2 Å². The van der Waals surface area contributed by atoms with Gasteiger partial charge in [0, 0.05) is 22.9 Å². The Morgan fingerprint density at radius 3 is 2.61 bits per heavy atom. The first-order valence-corrected chi connectivity index (χ1v) is 11.3. The Morgan fingerprint density at radius 2 is 1.90 bits per heavy atom. The van der Waals surface area contributed by atoms with Gasteiger partial charge in [0.05, 0.1) is 11.4 Å². The second-order valence-corrected chi connectivity index (χ2v) is 9.88. The number of rotatable bonds is 7. The van der Waals surface area contributed by atoms with Crippen LogP contribution >= 0.6 is 11.8 Å². The van der Waals surface area contributed by atoms with Crippen LogP contribution < -0.4 is 30.2 Å². The summed E-state index contributed by atoms with van der Waals surface area (Å²) >= 11 is 1.77. The molecule has 2 atom stereocenters. The third-order valence-corrected chi connectivity index (χ3v) is 7.50. The van der Waals surface area contributed by atoms with Crippen LogP contribution in [0.25, 0.3) is 0 Å². The zero-order valence-corrected chi connectivity index (χ0v) is 17.7. The fourth-order valence-corrected chi connectivity index (χ4v) is 5.99. The number of nitrogens with one attached hydrogen (secondary N) is 3. The Balaban J connectivity index is 1.06. The highest BCUT2D eigenvalue weighted by atomic mass is 32.2. The Hall–Kier alpha value is -2.27. The van der Waals surface area contributed by atoms with Crippen molar-refractivity contribution < 1.29 is 32.6 Å². The maximum atomic E-state index is 13.1. The van der Waals surface area contributed by atoms with Crippen molar-refractivity contribution >= 4 is 23.6 Å². The molecule has 1 aromatic carbocycles. The van der Waals surface area contributed by atoms with Crippen LogP contribution in [0.5, 0.6) is 17.2 Å². The molecule has 2 amide bonds. The molecule has 5 aliphatic rings. The zero-order valence-electron chi connectivity index (χ0n) is 16.8. The molecule has 0 radical (unpaired) electrons. The van der Waals surface area contributed by atoms with E-state index in [1.165, 1.54) is 18.2 Å². The summed E-state index contributed by atoms with van der Waals surface area (Å²) in [5, 5.41) is 9.77. The molecule has 2 aliphatic heterocycles. The van der Waals surface area contributed by atoms with Gasteiger partial charge < -0.3 is 24.8 Å². The summed E-state index contributed by atoms with van der Waals surface area (Å²) in [4.78, 5) is 24.8. The summed E-state index contributed by atoms with van der Waals surface area (Å²) in [5.74, 6) is 0.503. The van der Waals surface area contributed by atoms with Crippen molar-refractivity contribution in [2.24, 2.45) is 0 Å². The lowest BCUT2D eigenvalue weighted by Crippen LogP contribution is -2.84. The molecule has 0 spiro atoms. The van der Waals surface area contributed by atoms with Crippen molar-refractivity contribution in [3.05, 3.63) is 18.2 Å². The number of carbonyl (C=O) groups excluding carboxylic acids is 2. The largest absolute Gasteiger partial charge is 0.586 e. The third kappa shape index (κ3) is 3.89. The number of alkyl halides is 2. The number of benzene rings is 1. The molecule has 3 N–H and O–H groups in total. The molecule has 2 heterocycles. The predicted octanol–water partition coefficient (Wildman–Crippen LogP) is 1.74. The lowest BCUT2D eigenvalue weighted by atomic mass is 9.44. The van der Waals surface area contributed by atoms with Gasteiger partial charge >= 0.3 is 6.29 Å². The molecule has 1 saturated heterocycles. The normalized spacial score (nSPS) is 33.8. The first-order valence-electron chi connectivity index (χ1n) is 10.2. The molecule has 8 nitrogen and oxygen atoms in total. The minimum atomic E-state index is -3.70. The number of halogens is 2. The predicted molar refractivity (Wildman–Crippen MR) is 107 cm³/mol. The Labute approximate surface area is 181 Å². The standard InChI is InChI=1S/C20H23F2N3O5S/c1-2-16-23-12(7-31-16)17(27)25-19-8-18(9-19,10-19)24-15(26)6-28-11-3-4-13-14(5-11)30-20(21,22)29-13/h3-5,12,16,23H,2,6-10H2,1H3,(H,24,26)(H,25,27). The van der Waals surface area contributed by atoms with Crippen LogP contribution in [0, 0.1) is 0 Å². The van der Waals surface area contributed by atoms with Crippen molar-refractivity contribution in [1.29, 1.82) is 0 Å². The van der Waals surface area contributed by atoms with Gasteiger partial charge in [-0.05, 0) is 37.8 Å². The summed E-state index contributed by atoms with van der Waals surface area (Å²) in [7, 11) is 0. The van der Waals surface area contributed by atoms with E-state index in [1.54, 1.807) is 11.8 Å². The average Bonchev–Trinajstić information content (AvgIpc) is 3.25. The van der Waals surface area contributed by atoms with Crippen molar-refractivity contribution in [3.8, 4) is 17.2 Å². The van der Waals surface area contributed by atoms with E-state index in [9.17, 15) is 18.4 Å². The van der Waals surface area contributed by atoms with Crippen molar-refractivity contribution in [2.75, 3.05) is 12.4 Å². The topological polar surface area (TPSA) is 97.9 Å². The van der Waals surface area contributed by atoms with E-state index in [1.807, 2.05) is 0 Å². The molecule has 3 aliphatic carbocycles. The summed E-state index contributed by atoms with van der Waals surface area (Å²) < 4.78 is 40.2. The average molecular weight is 455 g/mol. The Kier molecular flexibility index (Phi) is 4.74. The summed E-state index contributed by atoms with van der Waals surface area (Å²) in [6.45, 7) is 1.84. The van der Waals surface area contributed by atoms with Gasteiger partial charge in [-0.15, -0.1) is 20.5 Å². The van der Waals surface area contributed by atoms with Gasteiger partial charge in [-0.3, -0.25) is 14.9 Å². The van der Waals surface area contributed by atoms with E-state index in [0.29, 0.717) is 24.6 Å². The number of ether oxygens (including phenoxy) is 3. The summed E-state index contributed by atoms with van der Waals surface area (Å²) in [5.41, 5.74) is -0.515. The lowest BCUT2D eigenvalue weighted by Gasteiger charge is -2.70. The molecule has 2 bridgehead atoms. The number of thioether (sulfide) groups is 1. The van der Waals surface area contributed by atoms with Crippen LogP contribution in [0.3, 0.4) is 0 Å². The Bertz CT molecular complexity index is 910. The first-order chi connectivity index (χ1) is 14.7. The molecular formula is C20H23F2N3O5S. The number of hydrogen-bond donors (Lipinski definition) is 3. The van der Waals surface area contributed by atoms with E-state index in [0.717, 1.165) is 12.2 Å². The molecule has 6 rings (SSSR count). The van der Waals surface area contributed by atoms with Crippen molar-refractivity contribution in [2.45, 2.75) is 61.4 Å². The molecular weight excluding hydrogens is 432 g/mol. The molecule has 168 valence electrons. The number of hydrogen-bond acceptors (Lipinski definition) is 7. The van der Waals surface area contributed by atoms with E-state index < -0.39 is 6.29 Å². The highest BCUT2D eigenvalue weighted by molar-refractivity contribution is 8.00. The van der Waals surface area contributed by atoms with Crippen LogP contribution in [0.1, 0.15) is 32.6 Å². The quantitative estimate of drug-likeness (QED) is 0.576. The second-order valence-electron chi connectivity index (χ2n) is 8.64. The highest BCUT2D eigenvalue weighted by Crippen LogP contribution is 2.60. The molecule has 31 heavy (non-hydrogen) atoms. The smallest absolute Gasteiger partial charge is 0.484 e. The molecule has 4 fully saturated rings. The fraction of sp³-hybridized carbons (Fsp3) is 0.600. The van der Waals surface area contributed by atoms with Gasteiger partial charge in [-0.2, -0.15) is 0 Å². The number of amides is 2. The van der Waals surface area contributed by atoms with E-state index in [2.05, 4.69) is 32.3 Å². The van der Waals surface area contributed by atoms with Gasteiger partial charge in [0.2, 0.25) is 5.91 Å². The highest BCUT2D eigenvalue weighted by Gasteiger charge is 2.69. The van der Waals surface area contributed by atoms with Gasteiger partial charge in [0.1, 0.15) is 5.75 Å². The maximum absolute atomic E-state index is 13.1. The van der Waals surface area contributed by atoms with Gasteiger partial charge in [-0.25, -0.2) is 0 Å². The van der Waals surface area contributed by atoms with E-state index in [-0.39, 0.29) is 52.8 Å². The van der Waals surface area contributed by atoms with Gasteiger partial charge in [-0.1, -0.05) is 6.92 Å². The van der Waals surface area contributed by atoms with Crippen LogP contribution in [-0.2, 0) is 9.59 Å². The van der Waals surface area contributed by atoms with E-state index >= 15 is 0 Å². The second kappa shape index (κ2) is 7.13. The molecule has 0 aromatic heterocycles. The van der Waals surface area contributed by atoms with Crippen molar-refractivity contribution in [1.82, 2.24) is 16.0 Å². The number of carbonyl (C=O) groups is 2. The van der Waals surface area contributed by atoms with E-state index in [4.69, 9.17) is 4.74 Å². The van der Waals surface area contributed by atoms with Crippen LogP contribution in [-0.4, -0.2) is 53.0 Å². The third-order valence-electron chi connectivity index (χ3n) is 6.10. The molecule has 3 saturated carbocycles. The SMILES string of the molecule is CCC1NC(C(=O)NC23CC(NC(=O)COc4ccc5c(c4)OC(F)(F)O5)(C2)C3)CS1. The molecule has 2 unspecified atom stereocenters. The van der Waals surface area contributed by atoms with Gasteiger partial charge in [0.25, 0.3) is 5.91 Å². The first kappa shape index (κ1) is 20.6. The zero-order chi connectivity index (χ0) is 21.9. The minimum Gasteiger partial charge on any atom is -0.484 e. The fourth-order valence-electron chi connectivity index (χ4n) is 4.82. The monoisotopic (exact) mass is 455 g/mol. The minimum absolute atomic E-state index is 0.0276. The number of fused-ring (bicyclic) bond motifs is 1. The van der Waals surface area contributed by atoms with Crippen LogP contribution in [0.4, 0.5) is 8.78 Å². The van der Waals surface area contributed by atoms with Gasteiger partial charge in [0.15, 0.2) is 18.1 Å². The molecule has 11 heteroatoms. The summed E-state index contributed by atoms with van der Waals surface area (Å²) in [6, 6.07) is 3.83. The molecule has 1 aromatic rings.